The molecule has 0 saturated heterocycles. The van der Waals surface area contributed by atoms with E-state index in [-0.39, 0.29) is 5.60 Å². The third kappa shape index (κ3) is 2.90. The summed E-state index contributed by atoms with van der Waals surface area (Å²) in [7, 11) is 1.82. The van der Waals surface area contributed by atoms with Crippen LogP contribution in [0.25, 0.3) is 0 Å². The quantitative estimate of drug-likeness (QED) is 0.856. The maximum absolute atomic E-state index is 5.98. The van der Waals surface area contributed by atoms with Crippen molar-refractivity contribution in [3.63, 3.8) is 0 Å². The minimum atomic E-state index is -0.275. The van der Waals surface area contributed by atoms with E-state index in [9.17, 15) is 0 Å². The third-order valence-electron chi connectivity index (χ3n) is 4.63. The molecule has 0 spiro atoms. The van der Waals surface area contributed by atoms with E-state index in [1.807, 2.05) is 18.9 Å². The second-order valence-electron chi connectivity index (χ2n) is 5.96. The lowest BCUT2D eigenvalue weighted by Gasteiger charge is -2.30. The second-order valence-corrected chi connectivity index (χ2v) is 6.94. The highest BCUT2D eigenvalue weighted by atomic mass is 32.2. The lowest BCUT2D eigenvalue weighted by molar-refractivity contribution is -0.0351. The third-order valence-corrected chi connectivity index (χ3v) is 5.60. The van der Waals surface area contributed by atoms with Gasteiger partial charge in [-0.2, -0.15) is 11.8 Å². The van der Waals surface area contributed by atoms with Crippen LogP contribution in [0.2, 0.25) is 0 Å². The number of hydrogen-bond donors (Lipinski definition) is 1. The van der Waals surface area contributed by atoms with Gasteiger partial charge in [-0.25, -0.2) is 9.97 Å². The van der Waals surface area contributed by atoms with Crippen LogP contribution in [-0.4, -0.2) is 23.6 Å². The van der Waals surface area contributed by atoms with E-state index >= 15 is 0 Å². The summed E-state index contributed by atoms with van der Waals surface area (Å²) in [5, 5.41) is 3.42. The van der Waals surface area contributed by atoms with Crippen molar-refractivity contribution in [2.24, 2.45) is 0 Å². The normalized spacial score (nSPS) is 20.9. The molecule has 3 rings (SSSR count). The standard InChI is InChI=1S/C16H25N3OS/c1-3-17-14-12-10-21-11-13(12)18-15(19-14)16(20-2)8-6-4-5-7-9-16/h3-11H2,1-2H3,(H,17,18,19). The summed E-state index contributed by atoms with van der Waals surface area (Å²) in [6.07, 6.45) is 7.10. The molecule has 0 amide bonds. The largest absolute Gasteiger partial charge is 0.370 e. The first kappa shape index (κ1) is 15.1. The molecule has 1 aromatic rings. The fourth-order valence-electron chi connectivity index (χ4n) is 3.39. The number of rotatable bonds is 4. The number of thioether (sulfide) groups is 1. The molecule has 0 atom stereocenters. The fraction of sp³-hybridized carbons (Fsp3) is 0.750. The Morgan fingerprint density at radius 1 is 1.14 bits per heavy atom. The van der Waals surface area contributed by atoms with Crippen molar-refractivity contribution in [2.75, 3.05) is 19.0 Å². The Kier molecular flexibility index (Phi) is 4.69. The van der Waals surface area contributed by atoms with Crippen LogP contribution >= 0.6 is 11.8 Å². The first-order chi connectivity index (χ1) is 10.3. The van der Waals surface area contributed by atoms with Gasteiger partial charge in [0.2, 0.25) is 0 Å². The minimum Gasteiger partial charge on any atom is -0.370 e. The SMILES string of the molecule is CCNc1nc(C2(OC)CCCCCC2)nc2c1CSC2. The van der Waals surface area contributed by atoms with Gasteiger partial charge in [-0.3, -0.25) is 0 Å². The number of anilines is 1. The van der Waals surface area contributed by atoms with E-state index in [0.29, 0.717) is 0 Å². The Morgan fingerprint density at radius 2 is 1.90 bits per heavy atom. The first-order valence-corrected chi connectivity index (χ1v) is 9.21. The summed E-state index contributed by atoms with van der Waals surface area (Å²) >= 11 is 1.93. The average Bonchev–Trinajstić information content (AvgIpc) is 2.84. The van der Waals surface area contributed by atoms with Crippen LogP contribution in [0.5, 0.6) is 0 Å². The number of ether oxygens (including phenoxy) is 1. The maximum Gasteiger partial charge on any atom is 0.162 e. The zero-order valence-electron chi connectivity index (χ0n) is 13.1. The molecule has 1 aliphatic heterocycles. The second kappa shape index (κ2) is 6.53. The molecule has 4 nitrogen and oxygen atoms in total. The van der Waals surface area contributed by atoms with E-state index in [1.54, 1.807) is 0 Å². The zero-order valence-corrected chi connectivity index (χ0v) is 13.9. The van der Waals surface area contributed by atoms with Gasteiger partial charge in [-0.1, -0.05) is 25.7 Å². The van der Waals surface area contributed by atoms with Crippen LogP contribution in [0.1, 0.15) is 62.5 Å². The van der Waals surface area contributed by atoms with Crippen LogP contribution in [0, 0.1) is 0 Å². The molecular formula is C16H25N3OS. The summed E-state index contributed by atoms with van der Waals surface area (Å²) in [5.41, 5.74) is 2.23. The molecular weight excluding hydrogens is 282 g/mol. The first-order valence-electron chi connectivity index (χ1n) is 8.06. The molecule has 1 saturated carbocycles. The Hall–Kier alpha value is -0.810. The number of nitrogens with zero attached hydrogens (tertiary/aromatic N) is 2. The van der Waals surface area contributed by atoms with Crippen molar-refractivity contribution < 1.29 is 4.74 Å². The van der Waals surface area contributed by atoms with Gasteiger partial charge in [0.25, 0.3) is 0 Å². The maximum atomic E-state index is 5.98. The molecule has 1 fully saturated rings. The molecule has 2 heterocycles. The summed E-state index contributed by atoms with van der Waals surface area (Å²) in [4.78, 5) is 9.79. The number of aromatic nitrogens is 2. The predicted octanol–water partition coefficient (Wildman–Crippen LogP) is 3.85. The van der Waals surface area contributed by atoms with Gasteiger partial charge in [0.15, 0.2) is 5.82 Å². The van der Waals surface area contributed by atoms with E-state index in [1.165, 1.54) is 36.9 Å². The number of hydrogen-bond acceptors (Lipinski definition) is 5. The van der Waals surface area contributed by atoms with Crippen LogP contribution in [0.15, 0.2) is 0 Å². The Labute approximate surface area is 131 Å². The summed E-state index contributed by atoms with van der Waals surface area (Å²) in [6.45, 7) is 3.02. The van der Waals surface area contributed by atoms with E-state index in [4.69, 9.17) is 14.7 Å². The van der Waals surface area contributed by atoms with Crippen molar-refractivity contribution in [3.05, 3.63) is 17.1 Å². The summed E-state index contributed by atoms with van der Waals surface area (Å²) in [6, 6.07) is 0. The highest BCUT2D eigenvalue weighted by Gasteiger charge is 2.37. The molecule has 0 radical (unpaired) electrons. The highest BCUT2D eigenvalue weighted by Crippen LogP contribution is 2.40. The molecule has 21 heavy (non-hydrogen) atoms. The minimum absolute atomic E-state index is 0.275. The predicted molar refractivity (Wildman–Crippen MR) is 87.6 cm³/mol. The topological polar surface area (TPSA) is 47.0 Å². The van der Waals surface area contributed by atoms with E-state index in [2.05, 4.69) is 12.2 Å². The summed E-state index contributed by atoms with van der Waals surface area (Å²) < 4.78 is 5.98. The van der Waals surface area contributed by atoms with Crippen molar-refractivity contribution in [1.82, 2.24) is 9.97 Å². The average molecular weight is 307 g/mol. The van der Waals surface area contributed by atoms with Crippen LogP contribution < -0.4 is 5.32 Å². The Balaban J connectivity index is 2.01. The van der Waals surface area contributed by atoms with Crippen LogP contribution in [-0.2, 0) is 21.8 Å². The van der Waals surface area contributed by atoms with Gasteiger partial charge < -0.3 is 10.1 Å². The number of nitrogens with one attached hydrogen (secondary N) is 1. The van der Waals surface area contributed by atoms with E-state index in [0.717, 1.165) is 42.5 Å². The fourth-order valence-corrected chi connectivity index (χ4v) is 4.43. The molecule has 1 aliphatic carbocycles. The summed E-state index contributed by atoms with van der Waals surface area (Å²) in [5.74, 6) is 3.97. The Morgan fingerprint density at radius 3 is 2.57 bits per heavy atom. The van der Waals surface area contributed by atoms with Crippen LogP contribution in [0.4, 0.5) is 5.82 Å². The van der Waals surface area contributed by atoms with Gasteiger partial charge in [-0.05, 0) is 19.8 Å². The molecule has 116 valence electrons. The van der Waals surface area contributed by atoms with Gasteiger partial charge in [-0.15, -0.1) is 0 Å². The molecule has 0 bridgehead atoms. The highest BCUT2D eigenvalue weighted by molar-refractivity contribution is 7.98. The number of methoxy groups -OCH3 is 1. The van der Waals surface area contributed by atoms with Crippen molar-refractivity contribution >= 4 is 17.6 Å². The van der Waals surface area contributed by atoms with E-state index < -0.39 is 0 Å². The van der Waals surface area contributed by atoms with Crippen molar-refractivity contribution in [3.8, 4) is 0 Å². The monoisotopic (exact) mass is 307 g/mol. The molecule has 5 heteroatoms. The lowest BCUT2D eigenvalue weighted by Crippen LogP contribution is -2.31. The van der Waals surface area contributed by atoms with Gasteiger partial charge in [0.1, 0.15) is 11.4 Å². The molecule has 2 aliphatic rings. The molecule has 1 aromatic heterocycles. The van der Waals surface area contributed by atoms with Gasteiger partial charge in [0, 0.05) is 30.7 Å². The van der Waals surface area contributed by atoms with Crippen molar-refractivity contribution in [2.45, 2.75) is 62.6 Å². The van der Waals surface area contributed by atoms with Gasteiger partial charge in [0.05, 0.1) is 5.69 Å². The molecule has 1 N–H and O–H groups in total. The van der Waals surface area contributed by atoms with Crippen LogP contribution in [0.3, 0.4) is 0 Å². The Bertz CT molecular complexity index is 499. The molecule has 0 unspecified atom stereocenters. The van der Waals surface area contributed by atoms with Crippen molar-refractivity contribution in [1.29, 1.82) is 0 Å². The zero-order chi connectivity index (χ0) is 14.7. The van der Waals surface area contributed by atoms with Gasteiger partial charge >= 0.3 is 0 Å². The lowest BCUT2D eigenvalue weighted by atomic mass is 9.92. The number of fused-ring (bicyclic) bond motifs is 1. The smallest absolute Gasteiger partial charge is 0.162 e. The molecule has 0 aromatic carbocycles.